The summed E-state index contributed by atoms with van der Waals surface area (Å²) in [7, 11) is 1.35. The third-order valence-corrected chi connectivity index (χ3v) is 11.1. The molecule has 0 saturated heterocycles. The van der Waals surface area contributed by atoms with Crippen LogP contribution in [-0.4, -0.2) is 40.8 Å². The highest BCUT2D eigenvalue weighted by Gasteiger charge is 2.59. The molecular weight excluding hydrogens is 440 g/mol. The quantitative estimate of drug-likeness (QED) is 0.434. The first-order chi connectivity index (χ1) is 16.2. The van der Waals surface area contributed by atoms with Gasteiger partial charge in [-0.3, -0.25) is 4.79 Å². The van der Waals surface area contributed by atoms with Crippen molar-refractivity contribution >= 4 is 11.8 Å². The molecule has 0 aromatic rings. The first kappa shape index (κ1) is 26.6. The Bertz CT molecular complexity index is 946. The minimum absolute atomic E-state index is 0.0395. The zero-order valence-corrected chi connectivity index (χ0v) is 22.8. The van der Waals surface area contributed by atoms with Crippen LogP contribution in [0.15, 0.2) is 23.3 Å². The van der Waals surface area contributed by atoms with Crippen LogP contribution in [0.4, 0.5) is 0 Å². The van der Waals surface area contributed by atoms with Crippen LogP contribution in [0.5, 0.6) is 0 Å². The summed E-state index contributed by atoms with van der Waals surface area (Å²) in [5.41, 5.74) is 1.85. The van der Waals surface area contributed by atoms with E-state index in [1.165, 1.54) is 19.6 Å². The average Bonchev–Trinajstić information content (AvgIpc) is 3.14. The third kappa shape index (κ3) is 4.05. The molecule has 0 heterocycles. The standard InChI is InChI=1S/C30H46O5/c1-18(16-19(31)17-30(6,35-7)26(33)34)20-12-14-28(4)21(20)8-9-23-22(28)10-11-24-27(2,3)25(32)13-15-29(23,24)5/h8,10,18,20,23-25,32H,9,11-17H2,1-7H3,(H,33,34)/t18-,20-,23+,24+,25-,28-,29-,30-/m1/s1. The van der Waals surface area contributed by atoms with E-state index in [1.54, 1.807) is 5.57 Å². The summed E-state index contributed by atoms with van der Waals surface area (Å²) in [4.78, 5) is 24.4. The minimum Gasteiger partial charge on any atom is -0.479 e. The molecule has 35 heavy (non-hydrogen) atoms. The van der Waals surface area contributed by atoms with Gasteiger partial charge in [0.2, 0.25) is 0 Å². The first-order valence-corrected chi connectivity index (χ1v) is 13.6. The molecule has 4 aliphatic rings. The van der Waals surface area contributed by atoms with Crippen molar-refractivity contribution in [3.8, 4) is 0 Å². The summed E-state index contributed by atoms with van der Waals surface area (Å²) in [5, 5.41) is 20.2. The van der Waals surface area contributed by atoms with E-state index in [9.17, 15) is 19.8 Å². The molecule has 2 fully saturated rings. The van der Waals surface area contributed by atoms with Crippen molar-refractivity contribution in [2.75, 3.05) is 7.11 Å². The predicted molar refractivity (Wildman–Crippen MR) is 137 cm³/mol. The zero-order valence-electron chi connectivity index (χ0n) is 22.8. The van der Waals surface area contributed by atoms with Gasteiger partial charge in [-0.25, -0.2) is 4.79 Å². The lowest BCUT2D eigenvalue weighted by Gasteiger charge is -2.61. The highest BCUT2D eigenvalue weighted by atomic mass is 16.5. The number of hydrogen-bond donors (Lipinski definition) is 2. The lowest BCUT2D eigenvalue weighted by molar-refractivity contribution is -0.163. The summed E-state index contributed by atoms with van der Waals surface area (Å²) < 4.78 is 5.16. The summed E-state index contributed by atoms with van der Waals surface area (Å²) >= 11 is 0. The molecule has 0 aromatic carbocycles. The Morgan fingerprint density at radius 2 is 1.77 bits per heavy atom. The van der Waals surface area contributed by atoms with Crippen LogP contribution in [0.1, 0.15) is 92.9 Å². The van der Waals surface area contributed by atoms with Crippen molar-refractivity contribution in [2.24, 2.45) is 39.9 Å². The second-order valence-electron chi connectivity index (χ2n) is 13.4. The summed E-state index contributed by atoms with van der Waals surface area (Å²) in [6, 6.07) is 0. The summed E-state index contributed by atoms with van der Waals surface area (Å²) in [6.07, 6.45) is 11.3. The number of hydrogen-bond acceptors (Lipinski definition) is 4. The van der Waals surface area contributed by atoms with Crippen LogP contribution in [0.3, 0.4) is 0 Å². The molecule has 8 atom stereocenters. The number of fused-ring (bicyclic) bond motifs is 5. The Morgan fingerprint density at radius 1 is 1.11 bits per heavy atom. The molecule has 0 spiro atoms. The highest BCUT2D eigenvalue weighted by Crippen LogP contribution is 2.67. The monoisotopic (exact) mass is 486 g/mol. The molecule has 0 amide bonds. The number of ether oxygens (including phenoxy) is 1. The number of Topliss-reactive ketones (excluding diaryl/α,β-unsaturated/α-hetero) is 1. The molecule has 0 radical (unpaired) electrons. The number of aliphatic hydroxyl groups is 1. The second kappa shape index (κ2) is 8.83. The molecule has 4 aliphatic carbocycles. The Labute approximate surface area is 211 Å². The Balaban J connectivity index is 1.54. The van der Waals surface area contributed by atoms with Crippen LogP contribution < -0.4 is 0 Å². The van der Waals surface area contributed by atoms with Crippen molar-refractivity contribution < 1.29 is 24.5 Å². The van der Waals surface area contributed by atoms with E-state index in [2.05, 4.69) is 46.8 Å². The van der Waals surface area contributed by atoms with Gasteiger partial charge in [-0.1, -0.05) is 57.9 Å². The fourth-order valence-electron chi connectivity index (χ4n) is 8.68. The lowest BCUT2D eigenvalue weighted by Crippen LogP contribution is -2.55. The molecule has 2 N–H and O–H groups in total. The maximum absolute atomic E-state index is 12.8. The number of carbonyl (C=O) groups is 2. The van der Waals surface area contributed by atoms with Crippen LogP contribution in [0, 0.1) is 39.9 Å². The smallest absolute Gasteiger partial charge is 0.336 e. The Kier molecular flexibility index (Phi) is 6.71. The van der Waals surface area contributed by atoms with E-state index in [4.69, 9.17) is 4.74 Å². The van der Waals surface area contributed by atoms with Crippen LogP contribution in [-0.2, 0) is 14.3 Å². The van der Waals surface area contributed by atoms with Gasteiger partial charge in [-0.15, -0.1) is 0 Å². The van der Waals surface area contributed by atoms with Crippen molar-refractivity contribution in [1.82, 2.24) is 0 Å². The molecule has 0 aromatic heterocycles. The van der Waals surface area contributed by atoms with Crippen LogP contribution in [0.25, 0.3) is 0 Å². The molecule has 5 nitrogen and oxygen atoms in total. The van der Waals surface area contributed by atoms with Crippen LogP contribution in [0.2, 0.25) is 0 Å². The first-order valence-electron chi connectivity index (χ1n) is 13.6. The number of rotatable bonds is 7. The summed E-state index contributed by atoms with van der Waals surface area (Å²) in [6.45, 7) is 13.0. The number of carboxylic acid groups (broad SMARTS) is 1. The van der Waals surface area contributed by atoms with E-state index in [-0.39, 0.29) is 40.5 Å². The van der Waals surface area contributed by atoms with Gasteiger partial charge >= 0.3 is 5.97 Å². The zero-order chi connectivity index (χ0) is 26.0. The molecule has 4 rings (SSSR count). The predicted octanol–water partition coefficient (Wildman–Crippen LogP) is 5.96. The van der Waals surface area contributed by atoms with E-state index >= 15 is 0 Å². The highest BCUT2D eigenvalue weighted by molar-refractivity contribution is 5.88. The number of ketones is 1. The van der Waals surface area contributed by atoms with Gasteiger partial charge in [-0.2, -0.15) is 0 Å². The normalized spacial score (nSPS) is 40.3. The number of carboxylic acids is 1. The number of carbonyl (C=O) groups excluding carboxylic acids is 1. The number of methoxy groups -OCH3 is 1. The van der Waals surface area contributed by atoms with E-state index in [1.807, 2.05) is 0 Å². The molecule has 2 saturated carbocycles. The van der Waals surface area contributed by atoms with Crippen molar-refractivity contribution in [1.29, 1.82) is 0 Å². The minimum atomic E-state index is -1.46. The number of aliphatic carboxylic acids is 1. The number of allylic oxidation sites excluding steroid dienone is 4. The third-order valence-electron chi connectivity index (χ3n) is 11.1. The molecule has 0 bridgehead atoms. The van der Waals surface area contributed by atoms with E-state index in [0.717, 1.165) is 38.5 Å². The second-order valence-corrected chi connectivity index (χ2v) is 13.4. The Morgan fingerprint density at radius 3 is 2.40 bits per heavy atom. The van der Waals surface area contributed by atoms with Gasteiger partial charge in [0.05, 0.1) is 6.10 Å². The van der Waals surface area contributed by atoms with E-state index < -0.39 is 11.6 Å². The fraction of sp³-hybridized carbons (Fsp3) is 0.800. The van der Waals surface area contributed by atoms with Crippen molar-refractivity contribution in [3.63, 3.8) is 0 Å². The topological polar surface area (TPSA) is 83.8 Å². The molecular formula is C30H46O5. The van der Waals surface area contributed by atoms with Crippen molar-refractivity contribution in [2.45, 2.75) is 105 Å². The van der Waals surface area contributed by atoms with Gasteiger partial charge in [0.25, 0.3) is 0 Å². The molecule has 0 unspecified atom stereocenters. The van der Waals surface area contributed by atoms with Gasteiger partial charge < -0.3 is 14.9 Å². The lowest BCUT2D eigenvalue weighted by atomic mass is 9.44. The summed E-state index contributed by atoms with van der Waals surface area (Å²) in [5.74, 6) is 0.421. The SMILES string of the molecule is CO[C@](C)(CC(=O)C[C@@H](C)[C@H]1CC[C@]2(C)C1=CC[C@H]1C2=CC[C@H]2C(C)(C)[C@H](O)CC[C@]12C)C(=O)O. The fourth-order valence-corrected chi connectivity index (χ4v) is 8.68. The number of aliphatic hydroxyl groups excluding tert-OH is 1. The molecule has 0 aliphatic heterocycles. The van der Waals surface area contributed by atoms with Gasteiger partial charge in [0.15, 0.2) is 5.60 Å². The van der Waals surface area contributed by atoms with Gasteiger partial charge in [0, 0.05) is 25.4 Å². The van der Waals surface area contributed by atoms with E-state index in [0.29, 0.717) is 24.2 Å². The molecule has 5 heteroatoms. The van der Waals surface area contributed by atoms with Gasteiger partial charge in [-0.05, 0) is 80.0 Å². The maximum atomic E-state index is 12.8. The molecule has 196 valence electrons. The Hall–Kier alpha value is -1.46. The van der Waals surface area contributed by atoms with Gasteiger partial charge in [0.1, 0.15) is 5.78 Å². The van der Waals surface area contributed by atoms with Crippen molar-refractivity contribution in [3.05, 3.63) is 23.3 Å². The average molecular weight is 487 g/mol. The maximum Gasteiger partial charge on any atom is 0.336 e. The van der Waals surface area contributed by atoms with Crippen LogP contribution >= 0.6 is 0 Å². The largest absolute Gasteiger partial charge is 0.479 e.